The van der Waals surface area contributed by atoms with Crippen LogP contribution in [0.2, 0.25) is 0 Å². The van der Waals surface area contributed by atoms with Crippen LogP contribution in [0.3, 0.4) is 0 Å². The molecule has 0 aromatic heterocycles. The van der Waals surface area contributed by atoms with Crippen molar-refractivity contribution in [2.45, 2.75) is 78.1 Å². The van der Waals surface area contributed by atoms with Crippen LogP contribution in [0.5, 0.6) is 0 Å². The van der Waals surface area contributed by atoms with Crippen molar-refractivity contribution >= 4 is 21.6 Å². The zero-order valence-electron chi connectivity index (χ0n) is 15.1. The molecule has 0 amide bonds. The molecule has 0 rings (SSSR count). The van der Waals surface area contributed by atoms with Gasteiger partial charge < -0.3 is 4.74 Å². The fourth-order valence-corrected chi connectivity index (χ4v) is 4.86. The Kier molecular flexibility index (Phi) is 13.5. The van der Waals surface area contributed by atoms with Crippen LogP contribution in [0.1, 0.15) is 67.2 Å². The Labute approximate surface area is 141 Å². The highest BCUT2D eigenvalue weighted by Crippen LogP contribution is 2.36. The number of hydrogen-bond acceptors (Lipinski definition) is 4. The molecule has 128 valence electrons. The molecular formula is C17H37NOS2. The van der Waals surface area contributed by atoms with Gasteiger partial charge in [0, 0.05) is 23.6 Å². The van der Waals surface area contributed by atoms with Gasteiger partial charge in [-0.25, -0.2) is 0 Å². The van der Waals surface area contributed by atoms with Crippen LogP contribution in [-0.4, -0.2) is 47.7 Å². The molecule has 0 N–H and O–H groups in total. The molecule has 4 heteroatoms. The first-order valence-electron chi connectivity index (χ1n) is 8.55. The van der Waals surface area contributed by atoms with E-state index in [2.05, 4.69) is 57.2 Å². The van der Waals surface area contributed by atoms with Gasteiger partial charge in [0.15, 0.2) is 0 Å². The van der Waals surface area contributed by atoms with Gasteiger partial charge in [-0.2, -0.15) is 0 Å². The highest BCUT2D eigenvalue weighted by atomic mass is 33.1. The largest absolute Gasteiger partial charge is 0.377 e. The zero-order chi connectivity index (χ0) is 16.1. The second-order valence-electron chi connectivity index (χ2n) is 6.57. The third kappa shape index (κ3) is 14.0. The molecule has 0 aliphatic carbocycles. The van der Waals surface area contributed by atoms with Crippen molar-refractivity contribution in [2.24, 2.45) is 0 Å². The second kappa shape index (κ2) is 13.1. The summed E-state index contributed by atoms with van der Waals surface area (Å²) in [6, 6.07) is 0. The molecule has 0 saturated carbocycles. The smallest absolute Gasteiger partial charge is 0.0596 e. The zero-order valence-corrected chi connectivity index (χ0v) is 16.7. The van der Waals surface area contributed by atoms with Crippen molar-refractivity contribution in [1.82, 2.24) is 4.90 Å². The van der Waals surface area contributed by atoms with Gasteiger partial charge in [-0.15, -0.1) is 0 Å². The van der Waals surface area contributed by atoms with Gasteiger partial charge in [0.05, 0.1) is 12.7 Å². The standard InChI is InChI=1S/C17H37NOS2/c1-7-9-10-14-20-21-17(5,6)15-18(11-8-2)12-13-19-16(3)4/h16H,7-15H2,1-6H3. The normalized spacial score (nSPS) is 12.6. The first-order valence-corrected chi connectivity index (χ1v) is 10.9. The molecular weight excluding hydrogens is 298 g/mol. The van der Waals surface area contributed by atoms with Crippen molar-refractivity contribution < 1.29 is 4.74 Å². The van der Waals surface area contributed by atoms with Crippen molar-refractivity contribution in [3.05, 3.63) is 0 Å². The summed E-state index contributed by atoms with van der Waals surface area (Å²) in [5, 5.41) is 0. The third-order valence-electron chi connectivity index (χ3n) is 3.12. The summed E-state index contributed by atoms with van der Waals surface area (Å²) < 4.78 is 6.01. The second-order valence-corrected chi connectivity index (χ2v) is 9.69. The highest BCUT2D eigenvalue weighted by Gasteiger charge is 2.22. The summed E-state index contributed by atoms with van der Waals surface area (Å²) in [7, 11) is 4.10. The van der Waals surface area contributed by atoms with E-state index in [9.17, 15) is 0 Å². The summed E-state index contributed by atoms with van der Waals surface area (Å²) in [6.07, 6.45) is 5.58. The lowest BCUT2D eigenvalue weighted by atomic mass is 10.2. The van der Waals surface area contributed by atoms with Gasteiger partial charge in [-0.05, 0) is 47.1 Å². The van der Waals surface area contributed by atoms with Crippen molar-refractivity contribution in [2.75, 3.05) is 32.0 Å². The Morgan fingerprint density at radius 2 is 1.76 bits per heavy atom. The molecule has 0 fully saturated rings. The summed E-state index contributed by atoms with van der Waals surface area (Å²) in [5.74, 6) is 1.28. The third-order valence-corrected chi connectivity index (χ3v) is 6.48. The number of ether oxygens (including phenoxy) is 1. The molecule has 0 aliphatic heterocycles. The molecule has 0 heterocycles. The minimum Gasteiger partial charge on any atom is -0.377 e. The van der Waals surface area contributed by atoms with E-state index >= 15 is 0 Å². The van der Waals surface area contributed by atoms with Crippen molar-refractivity contribution in [1.29, 1.82) is 0 Å². The van der Waals surface area contributed by atoms with Crippen LogP contribution < -0.4 is 0 Å². The maximum Gasteiger partial charge on any atom is 0.0596 e. The Hall–Kier alpha value is 0.620. The molecule has 0 spiro atoms. The van der Waals surface area contributed by atoms with E-state index in [1.54, 1.807) is 0 Å². The maximum absolute atomic E-state index is 5.70. The average Bonchev–Trinajstić information content (AvgIpc) is 2.37. The Morgan fingerprint density at radius 1 is 1.05 bits per heavy atom. The first kappa shape index (κ1) is 21.6. The van der Waals surface area contributed by atoms with Crippen LogP contribution in [0.4, 0.5) is 0 Å². The minimum atomic E-state index is 0.309. The summed E-state index contributed by atoms with van der Waals surface area (Å²) >= 11 is 0. The van der Waals surface area contributed by atoms with Gasteiger partial charge in [-0.1, -0.05) is 48.3 Å². The van der Waals surface area contributed by atoms with Gasteiger partial charge in [-0.3, -0.25) is 4.90 Å². The topological polar surface area (TPSA) is 12.5 Å². The molecule has 0 bridgehead atoms. The van der Waals surface area contributed by atoms with Gasteiger partial charge >= 0.3 is 0 Å². The molecule has 0 radical (unpaired) electrons. The number of hydrogen-bond donors (Lipinski definition) is 0. The van der Waals surface area contributed by atoms with Crippen LogP contribution >= 0.6 is 21.6 Å². The van der Waals surface area contributed by atoms with Gasteiger partial charge in [0.2, 0.25) is 0 Å². The summed E-state index contributed by atoms with van der Waals surface area (Å²) in [5.41, 5.74) is 0. The average molecular weight is 336 g/mol. The predicted octanol–water partition coefficient (Wildman–Crippen LogP) is 5.47. The molecule has 0 atom stereocenters. The van der Waals surface area contributed by atoms with Crippen molar-refractivity contribution in [3.63, 3.8) is 0 Å². The van der Waals surface area contributed by atoms with E-state index in [1.165, 1.54) is 38.0 Å². The lowest BCUT2D eigenvalue weighted by Gasteiger charge is -2.31. The minimum absolute atomic E-state index is 0.309. The van der Waals surface area contributed by atoms with E-state index in [4.69, 9.17) is 4.74 Å². The van der Waals surface area contributed by atoms with Crippen LogP contribution in [0, 0.1) is 0 Å². The fraction of sp³-hybridized carbons (Fsp3) is 1.00. The molecule has 0 aromatic rings. The van der Waals surface area contributed by atoms with E-state index < -0.39 is 0 Å². The molecule has 21 heavy (non-hydrogen) atoms. The summed E-state index contributed by atoms with van der Waals surface area (Å²) in [6.45, 7) is 17.7. The Bertz CT molecular complexity index is 235. The SMILES string of the molecule is CCCCCSSC(C)(C)CN(CCC)CCOC(C)C. The van der Waals surface area contributed by atoms with E-state index in [0.717, 1.165) is 19.7 Å². The van der Waals surface area contributed by atoms with Crippen LogP contribution in [0.15, 0.2) is 0 Å². The highest BCUT2D eigenvalue weighted by molar-refractivity contribution is 8.77. The molecule has 0 aromatic carbocycles. The molecule has 0 aliphatic rings. The Morgan fingerprint density at radius 3 is 2.33 bits per heavy atom. The van der Waals surface area contributed by atoms with Gasteiger partial charge in [0.1, 0.15) is 0 Å². The predicted molar refractivity (Wildman–Crippen MR) is 101 cm³/mol. The van der Waals surface area contributed by atoms with Crippen LogP contribution in [-0.2, 0) is 4.74 Å². The number of nitrogens with zero attached hydrogens (tertiary/aromatic N) is 1. The first-order chi connectivity index (χ1) is 9.91. The van der Waals surface area contributed by atoms with Crippen LogP contribution in [0.25, 0.3) is 0 Å². The molecule has 0 saturated heterocycles. The van der Waals surface area contributed by atoms with Gasteiger partial charge in [0.25, 0.3) is 0 Å². The quantitative estimate of drug-likeness (QED) is 0.308. The number of unbranched alkanes of at least 4 members (excludes halogenated alkanes) is 2. The van der Waals surface area contributed by atoms with E-state index in [1.807, 2.05) is 10.8 Å². The lowest BCUT2D eigenvalue weighted by molar-refractivity contribution is 0.0577. The molecule has 0 unspecified atom stereocenters. The lowest BCUT2D eigenvalue weighted by Crippen LogP contribution is -2.39. The Balaban J connectivity index is 4.01. The molecule has 2 nitrogen and oxygen atoms in total. The van der Waals surface area contributed by atoms with Crippen molar-refractivity contribution in [3.8, 4) is 0 Å². The van der Waals surface area contributed by atoms with E-state index in [-0.39, 0.29) is 0 Å². The fourth-order valence-electron chi connectivity index (χ4n) is 2.18. The monoisotopic (exact) mass is 335 g/mol. The van der Waals surface area contributed by atoms with E-state index in [0.29, 0.717) is 10.9 Å². The summed E-state index contributed by atoms with van der Waals surface area (Å²) in [4.78, 5) is 2.56. The number of rotatable bonds is 14. The maximum atomic E-state index is 5.70.